The van der Waals surface area contributed by atoms with E-state index in [-0.39, 0.29) is 11.5 Å². The monoisotopic (exact) mass is 263 g/mol. The highest BCUT2D eigenvalue weighted by Gasteiger charge is 2.15. The molecule has 1 N–H and O–H groups in total. The fourth-order valence-electron chi connectivity index (χ4n) is 1.73. The third-order valence-corrected chi connectivity index (χ3v) is 3.81. The molecule has 0 fully saturated rings. The maximum Gasteiger partial charge on any atom is 0.352 e. The number of aromatic carboxylic acids is 1. The molecule has 0 radical (unpaired) electrons. The zero-order valence-corrected chi connectivity index (χ0v) is 11.0. The average molecular weight is 263 g/mol. The molecular formula is C13H13NO3S. The maximum absolute atomic E-state index is 11.3. The van der Waals surface area contributed by atoms with Gasteiger partial charge in [0.2, 0.25) is 0 Å². The minimum absolute atomic E-state index is 0.126. The van der Waals surface area contributed by atoms with Crippen molar-refractivity contribution in [3.8, 4) is 0 Å². The van der Waals surface area contributed by atoms with Crippen molar-refractivity contribution in [2.75, 3.05) is 0 Å². The molecule has 2 aromatic rings. The van der Waals surface area contributed by atoms with Crippen molar-refractivity contribution in [3.05, 3.63) is 45.4 Å². The zero-order chi connectivity index (χ0) is 13.3. The number of aromatic nitrogens is 1. The van der Waals surface area contributed by atoms with Gasteiger partial charge >= 0.3 is 5.97 Å². The van der Waals surface area contributed by atoms with Crippen LogP contribution in [-0.2, 0) is 6.54 Å². The van der Waals surface area contributed by atoms with Crippen molar-refractivity contribution in [2.24, 2.45) is 0 Å². The summed E-state index contributed by atoms with van der Waals surface area (Å²) in [5, 5.41) is 11.1. The van der Waals surface area contributed by atoms with E-state index in [9.17, 15) is 9.59 Å². The first-order valence-corrected chi connectivity index (χ1v) is 6.34. The van der Waals surface area contributed by atoms with Gasteiger partial charge in [0.1, 0.15) is 5.69 Å². The Morgan fingerprint density at radius 3 is 2.67 bits per heavy atom. The number of hydrogen-bond acceptors (Lipinski definition) is 3. The predicted octanol–water partition coefficient (Wildman–Crippen LogP) is 2.81. The molecule has 5 heteroatoms. The number of hydrogen-bond donors (Lipinski definition) is 1. The molecule has 2 aromatic heterocycles. The van der Waals surface area contributed by atoms with E-state index in [0.29, 0.717) is 12.1 Å². The van der Waals surface area contributed by atoms with Gasteiger partial charge in [-0.15, -0.1) is 11.3 Å². The van der Waals surface area contributed by atoms with Crippen LogP contribution in [0.4, 0.5) is 0 Å². The standard InChI is InChI=1S/C13H13NO3S/c1-8-3-4-18-12(8)7-14-6-10(9(2)15)5-11(14)13(16)17/h3-6H,7H2,1-2H3,(H,16,17). The highest BCUT2D eigenvalue weighted by molar-refractivity contribution is 7.10. The van der Waals surface area contributed by atoms with Gasteiger partial charge in [0.15, 0.2) is 5.78 Å². The van der Waals surface area contributed by atoms with Crippen molar-refractivity contribution >= 4 is 23.1 Å². The van der Waals surface area contributed by atoms with Gasteiger partial charge in [-0.1, -0.05) is 0 Å². The Kier molecular flexibility index (Phi) is 3.34. The summed E-state index contributed by atoms with van der Waals surface area (Å²) in [5.41, 5.74) is 1.71. The van der Waals surface area contributed by atoms with Gasteiger partial charge in [-0.3, -0.25) is 4.79 Å². The summed E-state index contributed by atoms with van der Waals surface area (Å²) in [6, 6.07) is 3.42. The van der Waals surface area contributed by atoms with E-state index in [4.69, 9.17) is 5.11 Å². The van der Waals surface area contributed by atoms with Crippen LogP contribution in [0.5, 0.6) is 0 Å². The molecule has 94 valence electrons. The number of nitrogens with zero attached hydrogens (tertiary/aromatic N) is 1. The summed E-state index contributed by atoms with van der Waals surface area (Å²) >= 11 is 1.58. The second-order valence-corrected chi connectivity index (χ2v) is 5.13. The lowest BCUT2D eigenvalue weighted by Crippen LogP contribution is -2.08. The topological polar surface area (TPSA) is 59.3 Å². The summed E-state index contributed by atoms with van der Waals surface area (Å²) in [6.45, 7) is 3.90. The number of aryl methyl sites for hydroxylation is 1. The lowest BCUT2D eigenvalue weighted by molar-refractivity contribution is 0.0685. The van der Waals surface area contributed by atoms with Gasteiger partial charge in [-0.05, 0) is 36.9 Å². The van der Waals surface area contributed by atoms with Crippen molar-refractivity contribution in [2.45, 2.75) is 20.4 Å². The second-order valence-electron chi connectivity index (χ2n) is 4.13. The number of carbonyl (C=O) groups excluding carboxylic acids is 1. The number of ketones is 1. The van der Waals surface area contributed by atoms with E-state index in [1.54, 1.807) is 22.1 Å². The molecule has 0 saturated heterocycles. The molecule has 0 amide bonds. The summed E-state index contributed by atoms with van der Waals surface area (Å²) in [7, 11) is 0. The highest BCUT2D eigenvalue weighted by Crippen LogP contribution is 2.19. The quantitative estimate of drug-likeness (QED) is 0.863. The Morgan fingerprint density at radius 1 is 1.44 bits per heavy atom. The van der Waals surface area contributed by atoms with Gasteiger partial charge in [-0.2, -0.15) is 0 Å². The van der Waals surface area contributed by atoms with Gasteiger partial charge in [0.25, 0.3) is 0 Å². The van der Waals surface area contributed by atoms with Gasteiger partial charge < -0.3 is 9.67 Å². The number of carbonyl (C=O) groups is 2. The van der Waals surface area contributed by atoms with Crippen LogP contribution in [0.25, 0.3) is 0 Å². The first kappa shape index (κ1) is 12.6. The number of Topliss-reactive ketones (excluding diaryl/α,β-unsaturated/α-hetero) is 1. The van der Waals surface area contributed by atoms with Crippen molar-refractivity contribution in [3.63, 3.8) is 0 Å². The highest BCUT2D eigenvalue weighted by atomic mass is 32.1. The number of carboxylic acids is 1. The van der Waals surface area contributed by atoms with Crippen molar-refractivity contribution < 1.29 is 14.7 Å². The minimum atomic E-state index is -1.02. The molecule has 0 aromatic carbocycles. The molecule has 2 heterocycles. The first-order valence-electron chi connectivity index (χ1n) is 5.46. The van der Waals surface area contributed by atoms with Gasteiger partial charge in [0, 0.05) is 16.6 Å². The number of thiophene rings is 1. The van der Waals surface area contributed by atoms with Crippen LogP contribution in [0, 0.1) is 6.92 Å². The normalized spacial score (nSPS) is 10.6. The largest absolute Gasteiger partial charge is 0.477 e. The molecule has 0 aliphatic heterocycles. The van der Waals surface area contributed by atoms with E-state index in [2.05, 4.69) is 0 Å². The average Bonchev–Trinajstić information content (AvgIpc) is 2.87. The molecule has 0 saturated carbocycles. The van der Waals surface area contributed by atoms with E-state index < -0.39 is 5.97 Å². The van der Waals surface area contributed by atoms with Crippen LogP contribution in [0.2, 0.25) is 0 Å². The summed E-state index contributed by atoms with van der Waals surface area (Å²) in [6.07, 6.45) is 1.60. The lowest BCUT2D eigenvalue weighted by Gasteiger charge is -2.05. The SMILES string of the molecule is CC(=O)c1cc(C(=O)O)n(Cc2sccc2C)c1. The molecule has 0 atom stereocenters. The Balaban J connectivity index is 2.40. The summed E-state index contributed by atoms with van der Waals surface area (Å²) in [5.74, 6) is -1.14. The van der Waals surface area contributed by atoms with E-state index in [1.807, 2.05) is 18.4 Å². The molecule has 0 aliphatic carbocycles. The number of rotatable bonds is 4. The Bertz CT molecular complexity index is 610. The first-order chi connectivity index (χ1) is 8.49. The van der Waals surface area contributed by atoms with Crippen molar-refractivity contribution in [1.29, 1.82) is 0 Å². The Hall–Kier alpha value is -1.88. The van der Waals surface area contributed by atoms with Crippen LogP contribution >= 0.6 is 11.3 Å². The summed E-state index contributed by atoms with van der Waals surface area (Å²) < 4.78 is 1.61. The van der Waals surface area contributed by atoms with Crippen molar-refractivity contribution in [1.82, 2.24) is 4.57 Å². The van der Waals surface area contributed by atoms with Crippen LogP contribution in [0.15, 0.2) is 23.7 Å². The molecule has 2 rings (SSSR count). The van der Waals surface area contributed by atoms with E-state index in [0.717, 1.165) is 10.4 Å². The van der Waals surface area contributed by atoms with Crippen LogP contribution < -0.4 is 0 Å². The maximum atomic E-state index is 11.3. The Morgan fingerprint density at radius 2 is 2.17 bits per heavy atom. The third-order valence-electron chi connectivity index (χ3n) is 2.80. The van der Waals surface area contributed by atoms with Gasteiger partial charge in [0.05, 0.1) is 6.54 Å². The van der Waals surface area contributed by atoms with Crippen LogP contribution in [0.3, 0.4) is 0 Å². The lowest BCUT2D eigenvalue weighted by atomic mass is 10.2. The van der Waals surface area contributed by atoms with Gasteiger partial charge in [-0.25, -0.2) is 4.79 Å². The number of carboxylic acid groups (broad SMARTS) is 1. The smallest absolute Gasteiger partial charge is 0.352 e. The molecule has 0 aliphatic rings. The fraction of sp³-hybridized carbons (Fsp3) is 0.231. The third kappa shape index (κ3) is 2.36. The van der Waals surface area contributed by atoms with E-state index in [1.165, 1.54) is 13.0 Å². The molecule has 0 unspecified atom stereocenters. The van der Waals surface area contributed by atoms with E-state index >= 15 is 0 Å². The molecular weight excluding hydrogens is 250 g/mol. The van der Waals surface area contributed by atoms with Crippen LogP contribution in [-0.4, -0.2) is 21.4 Å². The fourth-order valence-corrected chi connectivity index (χ4v) is 2.64. The minimum Gasteiger partial charge on any atom is -0.477 e. The van der Waals surface area contributed by atoms with Crippen LogP contribution in [0.1, 0.15) is 38.2 Å². The second kappa shape index (κ2) is 4.78. The summed E-state index contributed by atoms with van der Waals surface area (Å²) in [4.78, 5) is 23.5. The molecule has 0 spiro atoms. The molecule has 4 nitrogen and oxygen atoms in total. The Labute approximate surface area is 108 Å². The molecule has 0 bridgehead atoms. The predicted molar refractivity (Wildman–Crippen MR) is 69.6 cm³/mol. The zero-order valence-electron chi connectivity index (χ0n) is 10.1. The molecule has 18 heavy (non-hydrogen) atoms.